The minimum Gasteiger partial charge on any atom is -0.508 e. The maximum atomic E-state index is 10.3. The van der Waals surface area contributed by atoms with Crippen LogP contribution in [0.5, 0.6) is 11.5 Å². The van der Waals surface area contributed by atoms with Gasteiger partial charge in [0.1, 0.15) is 17.7 Å². The molecule has 0 aromatic heterocycles. The molecule has 0 saturated heterocycles. The SMILES string of the molecule is COc1ccccc1CCC(C)(C)NC(O)Cc1ccc(O)cc1. The van der Waals surface area contributed by atoms with Crippen molar-refractivity contribution in [1.82, 2.24) is 5.32 Å². The van der Waals surface area contributed by atoms with E-state index in [0.29, 0.717) is 6.42 Å². The Morgan fingerprint density at radius 3 is 2.42 bits per heavy atom. The molecule has 0 fully saturated rings. The zero-order chi connectivity index (χ0) is 17.6. The van der Waals surface area contributed by atoms with Crippen LogP contribution >= 0.6 is 0 Å². The second-order valence-corrected chi connectivity index (χ2v) is 6.73. The largest absolute Gasteiger partial charge is 0.508 e. The van der Waals surface area contributed by atoms with Crippen molar-refractivity contribution in [3.05, 3.63) is 59.7 Å². The number of aliphatic hydroxyl groups excluding tert-OH is 1. The molecule has 2 aromatic carbocycles. The van der Waals surface area contributed by atoms with Crippen LogP contribution in [0.3, 0.4) is 0 Å². The predicted molar refractivity (Wildman–Crippen MR) is 96.3 cm³/mol. The van der Waals surface area contributed by atoms with E-state index < -0.39 is 6.23 Å². The molecule has 1 unspecified atom stereocenters. The Kier molecular flexibility index (Phi) is 6.23. The summed E-state index contributed by atoms with van der Waals surface area (Å²) in [7, 11) is 1.68. The number of benzene rings is 2. The highest BCUT2D eigenvalue weighted by molar-refractivity contribution is 5.33. The number of hydrogen-bond donors (Lipinski definition) is 3. The van der Waals surface area contributed by atoms with E-state index in [0.717, 1.165) is 24.2 Å². The minimum absolute atomic E-state index is 0.211. The summed E-state index contributed by atoms with van der Waals surface area (Å²) in [6, 6.07) is 14.9. The molecule has 1 atom stereocenters. The Hall–Kier alpha value is -2.04. The average Bonchev–Trinajstić information content (AvgIpc) is 2.55. The molecule has 0 aliphatic rings. The van der Waals surface area contributed by atoms with E-state index in [2.05, 4.69) is 25.2 Å². The third-order valence-corrected chi connectivity index (χ3v) is 4.13. The first-order valence-electron chi connectivity index (χ1n) is 8.25. The molecule has 0 radical (unpaired) electrons. The normalized spacial score (nSPS) is 12.8. The van der Waals surface area contributed by atoms with Crippen LogP contribution in [0.25, 0.3) is 0 Å². The van der Waals surface area contributed by atoms with Gasteiger partial charge >= 0.3 is 0 Å². The van der Waals surface area contributed by atoms with Crippen molar-refractivity contribution in [2.75, 3.05) is 7.11 Å². The topological polar surface area (TPSA) is 61.7 Å². The van der Waals surface area contributed by atoms with E-state index in [4.69, 9.17) is 4.74 Å². The molecule has 3 N–H and O–H groups in total. The van der Waals surface area contributed by atoms with Gasteiger partial charge in [0.05, 0.1) is 7.11 Å². The lowest BCUT2D eigenvalue weighted by Gasteiger charge is -2.30. The molecule has 0 aliphatic carbocycles. The van der Waals surface area contributed by atoms with Gasteiger partial charge in [0, 0.05) is 12.0 Å². The quantitative estimate of drug-likeness (QED) is 0.651. The fourth-order valence-electron chi connectivity index (χ4n) is 2.79. The molecular weight excluding hydrogens is 302 g/mol. The van der Waals surface area contributed by atoms with Crippen molar-refractivity contribution in [3.8, 4) is 11.5 Å². The van der Waals surface area contributed by atoms with Crippen molar-refractivity contribution in [3.63, 3.8) is 0 Å². The van der Waals surface area contributed by atoms with Gasteiger partial charge < -0.3 is 14.9 Å². The molecule has 4 nitrogen and oxygen atoms in total. The van der Waals surface area contributed by atoms with Gasteiger partial charge in [-0.05, 0) is 56.0 Å². The lowest BCUT2D eigenvalue weighted by Crippen LogP contribution is -2.47. The molecule has 4 heteroatoms. The predicted octanol–water partition coefficient (Wildman–Crippen LogP) is 3.26. The lowest BCUT2D eigenvalue weighted by molar-refractivity contribution is 0.0982. The van der Waals surface area contributed by atoms with Gasteiger partial charge in [0.15, 0.2) is 0 Å². The molecule has 130 valence electrons. The van der Waals surface area contributed by atoms with Gasteiger partial charge in [-0.25, -0.2) is 0 Å². The number of aliphatic hydroxyl groups is 1. The van der Waals surface area contributed by atoms with Gasteiger partial charge in [0.25, 0.3) is 0 Å². The van der Waals surface area contributed by atoms with Crippen LogP contribution in [0.1, 0.15) is 31.4 Å². The molecule has 0 heterocycles. The molecule has 0 bridgehead atoms. The molecule has 2 aromatic rings. The number of aryl methyl sites for hydroxylation is 1. The zero-order valence-electron chi connectivity index (χ0n) is 14.6. The number of para-hydroxylation sites is 1. The summed E-state index contributed by atoms with van der Waals surface area (Å²) in [5.41, 5.74) is 1.94. The van der Waals surface area contributed by atoms with Crippen LogP contribution in [0.4, 0.5) is 0 Å². The Balaban J connectivity index is 1.89. The first-order valence-corrected chi connectivity index (χ1v) is 8.25. The number of rotatable bonds is 8. The van der Waals surface area contributed by atoms with Gasteiger partial charge in [0.2, 0.25) is 0 Å². The lowest BCUT2D eigenvalue weighted by atomic mass is 9.94. The van der Waals surface area contributed by atoms with Crippen LogP contribution in [0.2, 0.25) is 0 Å². The summed E-state index contributed by atoms with van der Waals surface area (Å²) in [5.74, 6) is 1.14. The van der Waals surface area contributed by atoms with E-state index in [-0.39, 0.29) is 11.3 Å². The number of phenolic OH excluding ortho intramolecular Hbond substituents is 1. The zero-order valence-corrected chi connectivity index (χ0v) is 14.6. The number of methoxy groups -OCH3 is 1. The number of nitrogens with one attached hydrogen (secondary N) is 1. The van der Waals surface area contributed by atoms with Crippen LogP contribution in [0.15, 0.2) is 48.5 Å². The van der Waals surface area contributed by atoms with Gasteiger partial charge in [-0.1, -0.05) is 30.3 Å². The second kappa shape index (κ2) is 8.18. The highest BCUT2D eigenvalue weighted by Crippen LogP contribution is 2.22. The van der Waals surface area contributed by atoms with Crippen LogP contribution < -0.4 is 10.1 Å². The summed E-state index contributed by atoms with van der Waals surface area (Å²) >= 11 is 0. The summed E-state index contributed by atoms with van der Waals surface area (Å²) in [6.45, 7) is 4.17. The van der Waals surface area contributed by atoms with Crippen molar-refractivity contribution >= 4 is 0 Å². The number of phenols is 1. The van der Waals surface area contributed by atoms with E-state index >= 15 is 0 Å². The first-order chi connectivity index (χ1) is 11.4. The molecule has 0 saturated carbocycles. The molecule has 0 amide bonds. The van der Waals surface area contributed by atoms with Crippen LogP contribution in [0, 0.1) is 0 Å². The van der Waals surface area contributed by atoms with Gasteiger partial charge in [-0.15, -0.1) is 0 Å². The van der Waals surface area contributed by atoms with E-state index in [1.165, 1.54) is 5.56 Å². The summed E-state index contributed by atoms with van der Waals surface area (Å²) in [6.07, 6.45) is 1.61. The second-order valence-electron chi connectivity index (χ2n) is 6.73. The fraction of sp³-hybridized carbons (Fsp3) is 0.400. The maximum absolute atomic E-state index is 10.3. The maximum Gasteiger partial charge on any atom is 0.122 e. The summed E-state index contributed by atoms with van der Waals surface area (Å²) < 4.78 is 5.39. The van der Waals surface area contributed by atoms with E-state index in [1.54, 1.807) is 19.2 Å². The fourth-order valence-corrected chi connectivity index (χ4v) is 2.79. The van der Waals surface area contributed by atoms with Crippen molar-refractivity contribution < 1.29 is 14.9 Å². The summed E-state index contributed by atoms with van der Waals surface area (Å²) in [5, 5.41) is 22.9. The van der Waals surface area contributed by atoms with Crippen molar-refractivity contribution in [2.24, 2.45) is 0 Å². The third-order valence-electron chi connectivity index (χ3n) is 4.13. The number of hydrogen-bond acceptors (Lipinski definition) is 4. The van der Waals surface area contributed by atoms with Crippen molar-refractivity contribution in [2.45, 2.75) is 44.9 Å². The van der Waals surface area contributed by atoms with Crippen LogP contribution in [-0.4, -0.2) is 29.1 Å². The van der Waals surface area contributed by atoms with Crippen LogP contribution in [-0.2, 0) is 12.8 Å². The first kappa shape index (κ1) is 18.3. The molecule has 2 rings (SSSR count). The van der Waals surface area contributed by atoms with E-state index in [1.807, 2.05) is 30.3 Å². The Morgan fingerprint density at radius 2 is 1.75 bits per heavy atom. The highest BCUT2D eigenvalue weighted by atomic mass is 16.5. The Labute approximate surface area is 144 Å². The average molecular weight is 329 g/mol. The standard InChI is InChI=1S/C20H27NO3/c1-20(2,13-12-16-6-4-5-7-18(16)24-3)21-19(23)14-15-8-10-17(22)11-9-15/h4-11,19,21-23H,12-14H2,1-3H3. The number of ether oxygens (including phenoxy) is 1. The molecule has 24 heavy (non-hydrogen) atoms. The monoisotopic (exact) mass is 329 g/mol. The van der Waals surface area contributed by atoms with Crippen molar-refractivity contribution in [1.29, 1.82) is 0 Å². The molecule has 0 aliphatic heterocycles. The highest BCUT2D eigenvalue weighted by Gasteiger charge is 2.21. The number of aromatic hydroxyl groups is 1. The Bertz CT molecular complexity index is 638. The van der Waals surface area contributed by atoms with Gasteiger partial charge in [-0.2, -0.15) is 0 Å². The van der Waals surface area contributed by atoms with E-state index in [9.17, 15) is 10.2 Å². The smallest absolute Gasteiger partial charge is 0.122 e. The molecule has 0 spiro atoms. The third kappa shape index (κ3) is 5.55. The molecular formula is C20H27NO3. The summed E-state index contributed by atoms with van der Waals surface area (Å²) in [4.78, 5) is 0. The minimum atomic E-state index is -0.637. The van der Waals surface area contributed by atoms with Gasteiger partial charge in [-0.3, -0.25) is 5.32 Å². The Morgan fingerprint density at radius 1 is 1.08 bits per heavy atom.